The Balaban J connectivity index is 0.00000156. The van der Waals surface area contributed by atoms with Crippen LogP contribution in [-0.4, -0.2) is 79.6 Å². The number of rotatable bonds is 5. The van der Waals surface area contributed by atoms with Gasteiger partial charge in [0.05, 0.1) is 0 Å². The summed E-state index contributed by atoms with van der Waals surface area (Å²) in [7, 11) is 1.94. The largest absolute Gasteiger partial charge is 0.354 e. The van der Waals surface area contributed by atoms with E-state index in [4.69, 9.17) is 0 Å². The molecule has 2 saturated heterocycles. The number of likely N-dealkylation sites (N-methyl/N-ethyl adjacent to an activating group) is 1. The van der Waals surface area contributed by atoms with E-state index >= 15 is 0 Å². The molecule has 0 aromatic carbocycles. The van der Waals surface area contributed by atoms with Crippen molar-refractivity contribution in [3.05, 3.63) is 24.4 Å². The lowest BCUT2D eigenvalue weighted by molar-refractivity contribution is -0.132. The Hall–Kier alpha value is -1.08. The van der Waals surface area contributed by atoms with Crippen LogP contribution in [0.4, 0.5) is 5.82 Å². The number of piperazine rings is 1. The molecule has 1 aromatic rings. The Morgan fingerprint density at radius 3 is 2.64 bits per heavy atom. The molecule has 2 aliphatic rings. The zero-order chi connectivity index (χ0) is 16.1. The molecule has 6 nitrogen and oxygen atoms in total. The van der Waals surface area contributed by atoms with Crippen molar-refractivity contribution in [2.45, 2.75) is 18.9 Å². The molecular formula is C17H29Cl2N5O. The molecule has 0 bridgehead atoms. The summed E-state index contributed by atoms with van der Waals surface area (Å²) in [6.45, 7) is 6.78. The van der Waals surface area contributed by atoms with Crippen molar-refractivity contribution >= 4 is 36.5 Å². The molecule has 1 atom stereocenters. The summed E-state index contributed by atoms with van der Waals surface area (Å²) < 4.78 is 0. The molecule has 0 saturated carbocycles. The highest BCUT2D eigenvalue weighted by molar-refractivity contribution is 5.85. The fraction of sp³-hybridized carbons (Fsp3) is 0.647. The Morgan fingerprint density at radius 2 is 2.04 bits per heavy atom. The van der Waals surface area contributed by atoms with Gasteiger partial charge in [0.1, 0.15) is 5.82 Å². The Morgan fingerprint density at radius 1 is 1.28 bits per heavy atom. The van der Waals surface area contributed by atoms with Gasteiger partial charge in [-0.25, -0.2) is 4.98 Å². The zero-order valence-electron chi connectivity index (χ0n) is 14.8. The first-order chi connectivity index (χ1) is 11.2. The number of hydrogen-bond donors (Lipinski definition) is 1. The molecule has 1 amide bonds. The second-order valence-corrected chi connectivity index (χ2v) is 6.42. The first kappa shape index (κ1) is 22.0. The Labute approximate surface area is 162 Å². The fourth-order valence-corrected chi connectivity index (χ4v) is 3.35. The van der Waals surface area contributed by atoms with Gasteiger partial charge in [0.25, 0.3) is 0 Å². The van der Waals surface area contributed by atoms with Crippen LogP contribution >= 0.6 is 24.8 Å². The summed E-state index contributed by atoms with van der Waals surface area (Å²) >= 11 is 0. The topological polar surface area (TPSA) is 51.7 Å². The van der Waals surface area contributed by atoms with Gasteiger partial charge in [-0.15, -0.1) is 24.8 Å². The number of carbonyl (C=O) groups is 1. The van der Waals surface area contributed by atoms with E-state index in [0.29, 0.717) is 12.5 Å². The maximum Gasteiger partial charge on any atom is 0.223 e. The van der Waals surface area contributed by atoms with Crippen LogP contribution in [0, 0.1) is 0 Å². The molecule has 0 radical (unpaired) electrons. The normalized spacial score (nSPS) is 20.5. The number of carbonyl (C=O) groups excluding carboxylic acids is 1. The van der Waals surface area contributed by atoms with Gasteiger partial charge in [0.15, 0.2) is 0 Å². The molecule has 0 aliphatic carbocycles. The van der Waals surface area contributed by atoms with Crippen LogP contribution in [0.3, 0.4) is 0 Å². The van der Waals surface area contributed by atoms with Crippen LogP contribution in [0.5, 0.6) is 0 Å². The summed E-state index contributed by atoms with van der Waals surface area (Å²) in [5.41, 5.74) is 0. The molecule has 1 aromatic heterocycles. The van der Waals surface area contributed by atoms with E-state index in [9.17, 15) is 4.79 Å². The summed E-state index contributed by atoms with van der Waals surface area (Å²) in [4.78, 5) is 23.4. The van der Waals surface area contributed by atoms with Crippen molar-refractivity contribution in [3.8, 4) is 0 Å². The van der Waals surface area contributed by atoms with E-state index in [2.05, 4.69) is 26.2 Å². The van der Waals surface area contributed by atoms with Gasteiger partial charge in [0, 0.05) is 65.0 Å². The lowest BCUT2D eigenvalue weighted by atomic mass is 10.2. The maximum absolute atomic E-state index is 12.3. The Bertz CT molecular complexity index is 505. The highest BCUT2D eigenvalue weighted by atomic mass is 35.5. The van der Waals surface area contributed by atoms with Gasteiger partial charge in [-0.05, 0) is 25.1 Å². The van der Waals surface area contributed by atoms with E-state index in [0.717, 1.165) is 58.1 Å². The number of nitrogens with zero attached hydrogens (tertiary/aromatic N) is 4. The smallest absolute Gasteiger partial charge is 0.223 e. The van der Waals surface area contributed by atoms with Gasteiger partial charge >= 0.3 is 0 Å². The molecule has 3 heterocycles. The van der Waals surface area contributed by atoms with Crippen molar-refractivity contribution in [1.82, 2.24) is 20.1 Å². The maximum atomic E-state index is 12.3. The van der Waals surface area contributed by atoms with Crippen LogP contribution < -0.4 is 10.2 Å². The summed E-state index contributed by atoms with van der Waals surface area (Å²) in [5, 5.41) is 3.32. The first-order valence-corrected chi connectivity index (χ1v) is 8.59. The van der Waals surface area contributed by atoms with E-state index in [1.54, 1.807) is 0 Å². The van der Waals surface area contributed by atoms with Gasteiger partial charge in [0.2, 0.25) is 5.91 Å². The monoisotopic (exact) mass is 389 g/mol. The number of halogens is 2. The highest BCUT2D eigenvalue weighted by Crippen LogP contribution is 2.13. The van der Waals surface area contributed by atoms with Gasteiger partial charge < -0.3 is 15.1 Å². The molecule has 142 valence electrons. The molecular weight excluding hydrogens is 361 g/mol. The third-order valence-electron chi connectivity index (χ3n) is 4.96. The highest BCUT2D eigenvalue weighted by Gasteiger charge is 2.24. The number of amides is 1. The zero-order valence-corrected chi connectivity index (χ0v) is 16.4. The lowest BCUT2D eigenvalue weighted by Gasteiger charge is -2.35. The lowest BCUT2D eigenvalue weighted by Crippen LogP contribution is -2.48. The molecule has 1 N–H and O–H groups in total. The number of pyridine rings is 1. The minimum absolute atomic E-state index is 0. The third kappa shape index (κ3) is 5.99. The SMILES string of the molecule is CN(C(=O)CCN1CCN(c2ccccn2)CC1)C1CCNC1.Cl.Cl. The molecule has 2 fully saturated rings. The van der Waals surface area contributed by atoms with Crippen molar-refractivity contribution in [3.63, 3.8) is 0 Å². The van der Waals surface area contributed by atoms with Crippen LogP contribution in [0.2, 0.25) is 0 Å². The van der Waals surface area contributed by atoms with E-state index in [1.807, 2.05) is 30.3 Å². The second kappa shape index (κ2) is 10.8. The van der Waals surface area contributed by atoms with Gasteiger partial charge in [-0.2, -0.15) is 0 Å². The number of nitrogens with one attached hydrogen (secondary N) is 1. The number of anilines is 1. The van der Waals surface area contributed by atoms with E-state index in [-0.39, 0.29) is 30.7 Å². The van der Waals surface area contributed by atoms with Crippen LogP contribution in [0.15, 0.2) is 24.4 Å². The fourth-order valence-electron chi connectivity index (χ4n) is 3.35. The minimum atomic E-state index is 0. The predicted octanol–water partition coefficient (Wildman–Crippen LogP) is 1.26. The quantitative estimate of drug-likeness (QED) is 0.821. The molecule has 0 spiro atoms. The average Bonchev–Trinajstić information content (AvgIpc) is 3.15. The number of aromatic nitrogens is 1. The third-order valence-corrected chi connectivity index (χ3v) is 4.96. The van der Waals surface area contributed by atoms with Gasteiger partial charge in [-0.1, -0.05) is 6.07 Å². The van der Waals surface area contributed by atoms with Crippen LogP contribution in [0.25, 0.3) is 0 Å². The van der Waals surface area contributed by atoms with Crippen molar-refractivity contribution in [2.24, 2.45) is 0 Å². The Kier molecular flexibility index (Phi) is 9.50. The molecule has 25 heavy (non-hydrogen) atoms. The van der Waals surface area contributed by atoms with Crippen molar-refractivity contribution in [1.29, 1.82) is 0 Å². The molecule has 3 rings (SSSR count). The summed E-state index contributed by atoms with van der Waals surface area (Å²) in [6, 6.07) is 6.41. The second-order valence-electron chi connectivity index (χ2n) is 6.42. The predicted molar refractivity (Wildman–Crippen MR) is 106 cm³/mol. The summed E-state index contributed by atoms with van der Waals surface area (Å²) in [5.74, 6) is 1.32. The summed E-state index contributed by atoms with van der Waals surface area (Å²) in [6.07, 6.45) is 3.54. The first-order valence-electron chi connectivity index (χ1n) is 8.59. The molecule has 2 aliphatic heterocycles. The number of hydrogen-bond acceptors (Lipinski definition) is 5. The molecule has 8 heteroatoms. The molecule has 1 unspecified atom stereocenters. The van der Waals surface area contributed by atoms with Crippen molar-refractivity contribution in [2.75, 3.05) is 57.8 Å². The van der Waals surface area contributed by atoms with Gasteiger partial charge in [-0.3, -0.25) is 9.69 Å². The van der Waals surface area contributed by atoms with E-state index in [1.165, 1.54) is 0 Å². The van der Waals surface area contributed by atoms with Crippen LogP contribution in [0.1, 0.15) is 12.8 Å². The standard InChI is InChI=1S/C17H27N5O.2ClH/c1-20(15-5-8-18-14-15)17(23)6-9-21-10-12-22(13-11-21)16-4-2-3-7-19-16;;/h2-4,7,15,18H,5-6,8-14H2,1H3;2*1H. The van der Waals surface area contributed by atoms with Crippen LogP contribution in [-0.2, 0) is 4.79 Å². The van der Waals surface area contributed by atoms with E-state index < -0.39 is 0 Å². The van der Waals surface area contributed by atoms with Crippen molar-refractivity contribution < 1.29 is 4.79 Å². The minimum Gasteiger partial charge on any atom is -0.354 e. The average molecular weight is 390 g/mol.